The van der Waals surface area contributed by atoms with E-state index in [1.54, 1.807) is 20.8 Å². The monoisotopic (exact) mass is 373 g/mol. The van der Waals surface area contributed by atoms with E-state index < -0.39 is 29.0 Å². The molecule has 7 heteroatoms. The average molecular weight is 374 g/mol. The lowest BCUT2D eigenvalue weighted by molar-refractivity contribution is -0.145. The summed E-state index contributed by atoms with van der Waals surface area (Å²) in [4.78, 5) is 23.8. The number of ether oxygens (including phenoxy) is 1. The number of carboxylic acid groups (broad SMARTS) is 1. The largest absolute Gasteiger partial charge is 0.479 e. The summed E-state index contributed by atoms with van der Waals surface area (Å²) >= 11 is 3.08. The van der Waals surface area contributed by atoms with E-state index in [1.807, 2.05) is 0 Å². The molecule has 1 aromatic carbocycles. The number of hydrogen-bond donors (Lipinski definition) is 2. The van der Waals surface area contributed by atoms with Crippen LogP contribution in [-0.2, 0) is 21.5 Å². The molecule has 1 aromatic rings. The normalized spacial score (nSPS) is 20.4. The van der Waals surface area contributed by atoms with E-state index in [0.717, 1.165) is 0 Å². The number of halogens is 2. The summed E-state index contributed by atoms with van der Waals surface area (Å²) in [6, 6.07) is 2.95. The number of carbonyl (C=O) groups is 2. The van der Waals surface area contributed by atoms with Crippen LogP contribution in [0, 0.1) is 5.82 Å². The molecule has 2 N–H and O–H groups in total. The number of amides is 1. The third kappa shape index (κ3) is 2.95. The van der Waals surface area contributed by atoms with Crippen molar-refractivity contribution in [2.24, 2.45) is 0 Å². The smallest absolute Gasteiger partial charge is 0.408 e. The first kappa shape index (κ1) is 16.7. The molecule has 5 nitrogen and oxygen atoms in total. The second-order valence-corrected chi connectivity index (χ2v) is 7.08. The molecule has 0 radical (unpaired) electrons. The molecule has 0 aliphatic heterocycles. The number of rotatable bonds is 2. The van der Waals surface area contributed by atoms with Crippen LogP contribution in [0.4, 0.5) is 9.18 Å². The Morgan fingerprint density at radius 2 is 2.05 bits per heavy atom. The fourth-order valence-corrected chi connectivity index (χ4v) is 2.94. The van der Waals surface area contributed by atoms with Gasteiger partial charge in [-0.1, -0.05) is 6.07 Å². The first-order chi connectivity index (χ1) is 10.1. The van der Waals surface area contributed by atoms with Gasteiger partial charge in [-0.25, -0.2) is 14.0 Å². The maximum Gasteiger partial charge on any atom is 0.408 e. The van der Waals surface area contributed by atoms with Crippen LogP contribution in [0.2, 0.25) is 0 Å². The Kier molecular flexibility index (Phi) is 4.21. The zero-order chi connectivity index (χ0) is 16.7. The van der Waals surface area contributed by atoms with Gasteiger partial charge in [0.25, 0.3) is 0 Å². The molecule has 0 heterocycles. The summed E-state index contributed by atoms with van der Waals surface area (Å²) in [6.45, 7) is 5.04. The van der Waals surface area contributed by atoms with Crippen molar-refractivity contribution >= 4 is 28.0 Å². The van der Waals surface area contributed by atoms with Crippen LogP contribution in [0.1, 0.15) is 38.3 Å². The molecule has 0 unspecified atom stereocenters. The van der Waals surface area contributed by atoms with Crippen molar-refractivity contribution in [2.75, 3.05) is 0 Å². The lowest BCUT2D eigenvalue weighted by atomic mass is 9.92. The van der Waals surface area contributed by atoms with Crippen molar-refractivity contribution in [3.8, 4) is 0 Å². The molecular weight excluding hydrogens is 357 g/mol. The van der Waals surface area contributed by atoms with E-state index in [-0.39, 0.29) is 22.9 Å². The van der Waals surface area contributed by atoms with Crippen molar-refractivity contribution in [2.45, 2.75) is 44.8 Å². The van der Waals surface area contributed by atoms with Crippen molar-refractivity contribution in [3.63, 3.8) is 0 Å². The van der Waals surface area contributed by atoms with E-state index in [2.05, 4.69) is 21.2 Å². The van der Waals surface area contributed by atoms with Crippen LogP contribution in [0.15, 0.2) is 16.6 Å². The molecular formula is C15H17BrFNO4. The highest BCUT2D eigenvalue weighted by molar-refractivity contribution is 9.10. The van der Waals surface area contributed by atoms with Crippen molar-refractivity contribution < 1.29 is 23.8 Å². The standard InChI is InChI=1S/C15H17BrFNO4/c1-14(2,3)22-13(21)18-15(12(19)20)7-6-8-9(15)4-5-10(16)11(8)17/h4-5H,6-7H2,1-3H3,(H,18,21)(H,19,20)/t15-/m1/s1. The van der Waals surface area contributed by atoms with E-state index >= 15 is 0 Å². The summed E-state index contributed by atoms with van der Waals surface area (Å²) in [5, 5.41) is 12.0. The molecule has 120 valence electrons. The van der Waals surface area contributed by atoms with Crippen molar-refractivity contribution in [1.29, 1.82) is 0 Å². The third-order valence-corrected chi connectivity index (χ3v) is 4.10. The highest BCUT2D eigenvalue weighted by atomic mass is 79.9. The Labute approximate surface area is 136 Å². The predicted molar refractivity (Wildman–Crippen MR) is 81.1 cm³/mol. The SMILES string of the molecule is CC(C)(C)OC(=O)N[C@]1(C(=O)O)CCc2c1ccc(Br)c2F. The van der Waals surface area contributed by atoms with Crippen LogP contribution in [0.5, 0.6) is 0 Å². The molecule has 0 spiro atoms. The fraction of sp³-hybridized carbons (Fsp3) is 0.467. The van der Waals surface area contributed by atoms with Gasteiger partial charge in [-0.3, -0.25) is 0 Å². The Balaban J connectivity index is 2.40. The molecule has 1 aliphatic carbocycles. The molecule has 0 bridgehead atoms. The van der Waals surface area contributed by atoms with Gasteiger partial charge in [-0.2, -0.15) is 0 Å². The van der Waals surface area contributed by atoms with Crippen LogP contribution in [0.3, 0.4) is 0 Å². The molecule has 0 saturated carbocycles. The van der Waals surface area contributed by atoms with Crippen LogP contribution < -0.4 is 5.32 Å². The average Bonchev–Trinajstić information content (AvgIpc) is 2.72. The summed E-state index contributed by atoms with van der Waals surface area (Å²) in [7, 11) is 0. The molecule has 1 amide bonds. The van der Waals surface area contributed by atoms with Gasteiger partial charge in [0, 0.05) is 0 Å². The lowest BCUT2D eigenvalue weighted by Gasteiger charge is -2.29. The fourth-order valence-electron chi connectivity index (χ4n) is 2.57. The number of nitrogens with one attached hydrogen (secondary N) is 1. The van der Waals surface area contributed by atoms with Gasteiger partial charge in [0.15, 0.2) is 5.54 Å². The van der Waals surface area contributed by atoms with Gasteiger partial charge in [0.05, 0.1) is 4.47 Å². The molecule has 0 fully saturated rings. The Bertz CT molecular complexity index is 641. The second kappa shape index (κ2) is 5.53. The van der Waals surface area contributed by atoms with Gasteiger partial charge in [0.2, 0.25) is 0 Å². The minimum Gasteiger partial charge on any atom is -0.479 e. The number of carboxylic acids is 1. The summed E-state index contributed by atoms with van der Waals surface area (Å²) < 4.78 is 19.5. The van der Waals surface area contributed by atoms with Crippen LogP contribution >= 0.6 is 15.9 Å². The molecule has 0 aromatic heterocycles. The minimum absolute atomic E-state index is 0.0737. The summed E-state index contributed by atoms with van der Waals surface area (Å²) in [6.07, 6.45) is -0.543. The van der Waals surface area contributed by atoms with Gasteiger partial charge in [-0.15, -0.1) is 0 Å². The summed E-state index contributed by atoms with van der Waals surface area (Å²) in [5.41, 5.74) is -1.87. The number of carbonyl (C=O) groups excluding carboxylic acids is 1. The van der Waals surface area contributed by atoms with Crippen LogP contribution in [-0.4, -0.2) is 22.8 Å². The first-order valence-electron chi connectivity index (χ1n) is 6.79. The molecule has 2 rings (SSSR count). The summed E-state index contributed by atoms with van der Waals surface area (Å²) in [5.74, 6) is -1.73. The van der Waals surface area contributed by atoms with Crippen molar-refractivity contribution in [1.82, 2.24) is 5.32 Å². The zero-order valence-electron chi connectivity index (χ0n) is 12.5. The van der Waals surface area contributed by atoms with E-state index in [1.165, 1.54) is 12.1 Å². The maximum atomic E-state index is 14.1. The number of fused-ring (bicyclic) bond motifs is 1. The quantitative estimate of drug-likeness (QED) is 0.833. The first-order valence-corrected chi connectivity index (χ1v) is 7.58. The number of hydrogen-bond acceptors (Lipinski definition) is 3. The Morgan fingerprint density at radius 3 is 2.59 bits per heavy atom. The van der Waals surface area contributed by atoms with Gasteiger partial charge in [0.1, 0.15) is 11.4 Å². The van der Waals surface area contributed by atoms with Gasteiger partial charge in [-0.05, 0) is 66.7 Å². The lowest BCUT2D eigenvalue weighted by Crippen LogP contribution is -2.51. The number of alkyl carbamates (subject to hydrolysis) is 1. The number of aliphatic carboxylic acids is 1. The zero-order valence-corrected chi connectivity index (χ0v) is 14.1. The Morgan fingerprint density at radius 1 is 1.41 bits per heavy atom. The highest BCUT2D eigenvalue weighted by Crippen LogP contribution is 2.40. The van der Waals surface area contributed by atoms with E-state index in [0.29, 0.717) is 5.56 Å². The predicted octanol–water partition coefficient (Wildman–Crippen LogP) is 3.34. The van der Waals surface area contributed by atoms with E-state index in [9.17, 15) is 19.1 Å². The molecule has 1 atom stereocenters. The van der Waals surface area contributed by atoms with E-state index in [4.69, 9.17) is 4.74 Å². The third-order valence-electron chi connectivity index (χ3n) is 3.49. The number of benzene rings is 1. The molecule has 0 saturated heterocycles. The maximum absolute atomic E-state index is 14.1. The van der Waals surface area contributed by atoms with Gasteiger partial charge >= 0.3 is 12.1 Å². The topological polar surface area (TPSA) is 75.6 Å². The van der Waals surface area contributed by atoms with Crippen LogP contribution in [0.25, 0.3) is 0 Å². The van der Waals surface area contributed by atoms with Gasteiger partial charge < -0.3 is 15.2 Å². The second-order valence-electron chi connectivity index (χ2n) is 6.22. The highest BCUT2D eigenvalue weighted by Gasteiger charge is 2.48. The Hall–Kier alpha value is -1.63. The molecule has 1 aliphatic rings. The van der Waals surface area contributed by atoms with Crippen molar-refractivity contribution in [3.05, 3.63) is 33.5 Å². The molecule has 22 heavy (non-hydrogen) atoms. The minimum atomic E-state index is -1.67.